The summed E-state index contributed by atoms with van der Waals surface area (Å²) < 4.78 is 5.81. The maximum atomic E-state index is 12.7. The van der Waals surface area contributed by atoms with Gasteiger partial charge in [-0.2, -0.15) is 0 Å². The van der Waals surface area contributed by atoms with Gasteiger partial charge in [0.15, 0.2) is 0 Å². The Morgan fingerprint density at radius 3 is 2.00 bits per heavy atom. The molecule has 2 amide bonds. The fourth-order valence-corrected chi connectivity index (χ4v) is 2.80. The Hall–Kier alpha value is -4.13. The summed E-state index contributed by atoms with van der Waals surface area (Å²) in [6, 6.07) is 19.4. The van der Waals surface area contributed by atoms with Gasteiger partial charge in [-0.25, -0.2) is 4.79 Å². The lowest BCUT2D eigenvalue weighted by atomic mass is 10.1. The molecular weight excluding hydrogens is 396 g/mol. The van der Waals surface area contributed by atoms with Crippen LogP contribution in [0.4, 0.5) is 11.4 Å². The van der Waals surface area contributed by atoms with E-state index < -0.39 is 11.9 Å². The third-order valence-corrected chi connectivity index (χ3v) is 4.28. The zero-order valence-electron chi connectivity index (χ0n) is 17.1. The van der Waals surface area contributed by atoms with Crippen LogP contribution in [0.5, 0.6) is 5.75 Å². The molecule has 0 unspecified atom stereocenters. The van der Waals surface area contributed by atoms with Crippen LogP contribution < -0.4 is 15.4 Å². The highest BCUT2D eigenvalue weighted by atomic mass is 16.5. The van der Waals surface area contributed by atoms with Crippen molar-refractivity contribution >= 4 is 29.2 Å². The van der Waals surface area contributed by atoms with Crippen LogP contribution in [0.25, 0.3) is 0 Å². The SMILES string of the molecule is CC(C)Oc1cc(C(=O)Nc2ccc(C(=O)O)cc2)ccc1NC(=O)c1ccccc1. The van der Waals surface area contributed by atoms with Crippen molar-refractivity contribution in [1.29, 1.82) is 0 Å². The molecule has 0 atom stereocenters. The van der Waals surface area contributed by atoms with Crippen LogP contribution in [0.2, 0.25) is 0 Å². The van der Waals surface area contributed by atoms with Crippen molar-refractivity contribution in [2.24, 2.45) is 0 Å². The van der Waals surface area contributed by atoms with Crippen molar-refractivity contribution in [3.05, 3.63) is 89.5 Å². The predicted molar refractivity (Wildman–Crippen MR) is 118 cm³/mol. The zero-order valence-corrected chi connectivity index (χ0v) is 17.1. The normalized spacial score (nSPS) is 10.4. The van der Waals surface area contributed by atoms with Gasteiger partial charge >= 0.3 is 5.97 Å². The van der Waals surface area contributed by atoms with Gasteiger partial charge < -0.3 is 20.5 Å². The average molecular weight is 418 g/mol. The van der Waals surface area contributed by atoms with E-state index >= 15 is 0 Å². The van der Waals surface area contributed by atoms with E-state index in [1.807, 2.05) is 19.9 Å². The van der Waals surface area contributed by atoms with Gasteiger partial charge in [-0.1, -0.05) is 18.2 Å². The molecule has 0 aliphatic carbocycles. The van der Waals surface area contributed by atoms with E-state index in [0.29, 0.717) is 28.3 Å². The number of amides is 2. The minimum atomic E-state index is -1.04. The van der Waals surface area contributed by atoms with Gasteiger partial charge in [0.05, 0.1) is 17.4 Å². The van der Waals surface area contributed by atoms with E-state index in [1.54, 1.807) is 42.5 Å². The van der Waals surface area contributed by atoms with E-state index in [9.17, 15) is 14.4 Å². The summed E-state index contributed by atoms with van der Waals surface area (Å²) in [7, 11) is 0. The first-order valence-corrected chi connectivity index (χ1v) is 9.65. The third kappa shape index (κ3) is 5.70. The van der Waals surface area contributed by atoms with Crippen LogP contribution in [-0.2, 0) is 0 Å². The maximum absolute atomic E-state index is 12.7. The molecule has 3 aromatic rings. The number of rotatable bonds is 7. The zero-order chi connectivity index (χ0) is 22.4. The standard InChI is InChI=1S/C24H22N2O5/c1-15(2)31-21-14-18(23(28)25-19-11-8-17(9-12-19)24(29)30)10-13-20(21)26-22(27)16-6-4-3-5-7-16/h3-15H,1-2H3,(H,25,28)(H,26,27)(H,29,30). The molecule has 7 heteroatoms. The highest BCUT2D eigenvalue weighted by Gasteiger charge is 2.15. The molecule has 0 aliphatic heterocycles. The second kappa shape index (κ2) is 9.58. The van der Waals surface area contributed by atoms with E-state index in [0.717, 1.165) is 0 Å². The van der Waals surface area contributed by atoms with Gasteiger partial charge in [0.2, 0.25) is 0 Å². The van der Waals surface area contributed by atoms with Crippen LogP contribution in [-0.4, -0.2) is 29.0 Å². The molecule has 3 N–H and O–H groups in total. The topological polar surface area (TPSA) is 105 Å². The van der Waals surface area contributed by atoms with Crippen LogP contribution in [0.3, 0.4) is 0 Å². The molecule has 0 fully saturated rings. The van der Waals surface area contributed by atoms with Crippen molar-refractivity contribution < 1.29 is 24.2 Å². The molecule has 0 saturated heterocycles. The molecule has 3 aromatic carbocycles. The Balaban J connectivity index is 1.80. The second-order valence-corrected chi connectivity index (χ2v) is 7.03. The molecule has 7 nitrogen and oxygen atoms in total. The number of ether oxygens (including phenoxy) is 1. The summed E-state index contributed by atoms with van der Waals surface area (Å²) >= 11 is 0. The minimum Gasteiger partial charge on any atom is -0.489 e. The number of nitrogens with one attached hydrogen (secondary N) is 2. The number of benzene rings is 3. The number of carbonyl (C=O) groups is 3. The summed E-state index contributed by atoms with van der Waals surface area (Å²) in [5.41, 5.74) is 1.87. The molecule has 0 radical (unpaired) electrons. The first-order valence-electron chi connectivity index (χ1n) is 9.65. The van der Waals surface area contributed by atoms with Crippen molar-refractivity contribution in [1.82, 2.24) is 0 Å². The van der Waals surface area contributed by atoms with Gasteiger partial charge in [0.1, 0.15) is 5.75 Å². The highest BCUT2D eigenvalue weighted by molar-refractivity contribution is 6.07. The number of carboxylic acid groups (broad SMARTS) is 1. The van der Waals surface area contributed by atoms with Gasteiger partial charge in [-0.05, 0) is 68.4 Å². The van der Waals surface area contributed by atoms with Crippen LogP contribution >= 0.6 is 0 Å². The minimum absolute atomic E-state index is 0.129. The number of carboxylic acids is 1. The average Bonchev–Trinajstić information content (AvgIpc) is 2.75. The third-order valence-electron chi connectivity index (χ3n) is 4.28. The molecular formula is C24H22N2O5. The fraction of sp³-hybridized carbons (Fsp3) is 0.125. The predicted octanol–water partition coefficient (Wildman–Crippen LogP) is 4.68. The quantitative estimate of drug-likeness (QED) is 0.517. The molecule has 0 bridgehead atoms. The Labute approximate surface area is 179 Å². The molecule has 0 saturated carbocycles. The van der Waals surface area contributed by atoms with E-state index in [1.165, 1.54) is 24.3 Å². The van der Waals surface area contributed by atoms with Gasteiger partial charge in [0.25, 0.3) is 11.8 Å². The van der Waals surface area contributed by atoms with E-state index in [-0.39, 0.29) is 17.6 Å². The van der Waals surface area contributed by atoms with Gasteiger partial charge in [-0.3, -0.25) is 9.59 Å². The Morgan fingerprint density at radius 2 is 1.39 bits per heavy atom. The van der Waals surface area contributed by atoms with Crippen molar-refractivity contribution in [3.63, 3.8) is 0 Å². The first-order chi connectivity index (χ1) is 14.8. The maximum Gasteiger partial charge on any atom is 0.335 e. The number of hydrogen-bond acceptors (Lipinski definition) is 4. The molecule has 0 heterocycles. The van der Waals surface area contributed by atoms with Crippen LogP contribution in [0, 0.1) is 0 Å². The molecule has 0 spiro atoms. The first kappa shape index (κ1) is 21.6. The summed E-state index contributed by atoms with van der Waals surface area (Å²) in [5, 5.41) is 14.5. The number of hydrogen-bond donors (Lipinski definition) is 3. The second-order valence-electron chi connectivity index (χ2n) is 7.03. The lowest BCUT2D eigenvalue weighted by Crippen LogP contribution is -2.16. The lowest BCUT2D eigenvalue weighted by molar-refractivity contribution is 0.0696. The van der Waals surface area contributed by atoms with E-state index in [4.69, 9.17) is 9.84 Å². The largest absolute Gasteiger partial charge is 0.489 e. The molecule has 31 heavy (non-hydrogen) atoms. The fourth-order valence-electron chi connectivity index (χ4n) is 2.80. The molecule has 3 rings (SSSR count). The smallest absolute Gasteiger partial charge is 0.335 e. The van der Waals surface area contributed by atoms with Crippen LogP contribution in [0.1, 0.15) is 44.9 Å². The van der Waals surface area contributed by atoms with Crippen molar-refractivity contribution in [2.45, 2.75) is 20.0 Å². The molecule has 0 aromatic heterocycles. The Kier molecular flexibility index (Phi) is 6.67. The number of carbonyl (C=O) groups excluding carboxylic acids is 2. The van der Waals surface area contributed by atoms with Gasteiger partial charge in [-0.15, -0.1) is 0 Å². The molecule has 158 valence electrons. The van der Waals surface area contributed by atoms with Gasteiger partial charge in [0, 0.05) is 16.8 Å². The van der Waals surface area contributed by atoms with Crippen molar-refractivity contribution in [2.75, 3.05) is 10.6 Å². The Morgan fingerprint density at radius 1 is 0.774 bits per heavy atom. The molecule has 0 aliphatic rings. The summed E-state index contributed by atoms with van der Waals surface area (Å²) in [6.45, 7) is 3.69. The monoisotopic (exact) mass is 418 g/mol. The summed E-state index contributed by atoms with van der Waals surface area (Å²) in [4.78, 5) is 36.1. The summed E-state index contributed by atoms with van der Waals surface area (Å²) in [5.74, 6) is -1.35. The Bertz CT molecular complexity index is 1090. The number of anilines is 2. The van der Waals surface area contributed by atoms with E-state index in [2.05, 4.69) is 10.6 Å². The van der Waals surface area contributed by atoms with Crippen LogP contribution in [0.15, 0.2) is 72.8 Å². The lowest BCUT2D eigenvalue weighted by Gasteiger charge is -2.16. The summed E-state index contributed by atoms with van der Waals surface area (Å²) in [6.07, 6.45) is -0.172. The number of aromatic carboxylic acids is 1. The highest BCUT2D eigenvalue weighted by Crippen LogP contribution is 2.28. The van der Waals surface area contributed by atoms with Crippen molar-refractivity contribution in [3.8, 4) is 5.75 Å².